The highest BCUT2D eigenvalue weighted by Gasteiger charge is 2.06. The van der Waals surface area contributed by atoms with Gasteiger partial charge in [0.2, 0.25) is 0 Å². The van der Waals surface area contributed by atoms with Crippen LogP contribution in [0.5, 0.6) is 5.75 Å². The van der Waals surface area contributed by atoms with Crippen molar-refractivity contribution in [2.75, 3.05) is 7.11 Å². The summed E-state index contributed by atoms with van der Waals surface area (Å²) >= 11 is 0. The third kappa shape index (κ3) is 1.74. The predicted octanol–water partition coefficient (Wildman–Crippen LogP) is 1.45. The molecule has 1 atom stereocenters. The van der Waals surface area contributed by atoms with Crippen molar-refractivity contribution in [3.05, 3.63) is 23.5 Å². The lowest BCUT2D eigenvalue weighted by Crippen LogP contribution is -1.99. The summed E-state index contributed by atoms with van der Waals surface area (Å²) in [7, 11) is 1.60. The van der Waals surface area contributed by atoms with Crippen molar-refractivity contribution in [3.63, 3.8) is 0 Å². The number of hydrogen-bond acceptors (Lipinski definition) is 3. The van der Waals surface area contributed by atoms with Gasteiger partial charge in [-0.1, -0.05) is 0 Å². The molecule has 1 aromatic rings. The van der Waals surface area contributed by atoms with Crippen LogP contribution in [0.1, 0.15) is 24.3 Å². The quantitative estimate of drug-likeness (QED) is 0.725. The lowest BCUT2D eigenvalue weighted by Gasteiger charge is -2.08. The van der Waals surface area contributed by atoms with E-state index in [0.717, 1.165) is 11.3 Å². The van der Waals surface area contributed by atoms with E-state index in [4.69, 9.17) is 4.74 Å². The van der Waals surface area contributed by atoms with Gasteiger partial charge in [0.25, 0.3) is 0 Å². The zero-order valence-corrected chi connectivity index (χ0v) is 7.53. The highest BCUT2D eigenvalue weighted by Crippen LogP contribution is 2.18. The molecule has 3 nitrogen and oxygen atoms in total. The number of hydrogen-bond donors (Lipinski definition) is 1. The average molecular weight is 167 g/mol. The molecule has 1 N–H and O–H groups in total. The van der Waals surface area contributed by atoms with Crippen molar-refractivity contribution < 1.29 is 9.84 Å². The average Bonchev–Trinajstić information content (AvgIpc) is 2.03. The van der Waals surface area contributed by atoms with Crippen LogP contribution in [0, 0.1) is 6.92 Å². The van der Waals surface area contributed by atoms with Gasteiger partial charge in [-0.3, -0.25) is 4.98 Å². The summed E-state index contributed by atoms with van der Waals surface area (Å²) in [5.41, 5.74) is 1.65. The normalized spacial score (nSPS) is 12.7. The molecule has 1 rings (SSSR count). The summed E-state index contributed by atoms with van der Waals surface area (Å²) in [5, 5.41) is 9.26. The molecule has 12 heavy (non-hydrogen) atoms. The second-order valence-corrected chi connectivity index (χ2v) is 2.75. The number of aliphatic hydroxyl groups excluding tert-OH is 1. The maximum Gasteiger partial charge on any atom is 0.137 e. The van der Waals surface area contributed by atoms with Crippen LogP contribution in [0.4, 0.5) is 0 Å². The van der Waals surface area contributed by atoms with Gasteiger partial charge in [-0.05, 0) is 25.5 Å². The molecule has 3 heteroatoms. The first-order chi connectivity index (χ1) is 5.65. The van der Waals surface area contributed by atoms with E-state index >= 15 is 0 Å². The SMILES string of the molecule is COc1cnc(C(C)O)c(C)c1. The van der Waals surface area contributed by atoms with Gasteiger partial charge < -0.3 is 9.84 Å². The Balaban J connectivity index is 3.03. The second-order valence-electron chi connectivity index (χ2n) is 2.75. The molecule has 0 aromatic carbocycles. The Bertz CT molecular complexity index is 271. The van der Waals surface area contributed by atoms with Crippen LogP contribution in [0.3, 0.4) is 0 Å². The number of nitrogens with zero attached hydrogens (tertiary/aromatic N) is 1. The van der Waals surface area contributed by atoms with Crippen molar-refractivity contribution in [2.24, 2.45) is 0 Å². The van der Waals surface area contributed by atoms with Gasteiger partial charge >= 0.3 is 0 Å². The van der Waals surface area contributed by atoms with Crippen LogP contribution in [-0.4, -0.2) is 17.2 Å². The van der Waals surface area contributed by atoms with E-state index in [1.807, 2.05) is 13.0 Å². The number of aromatic nitrogens is 1. The van der Waals surface area contributed by atoms with Gasteiger partial charge in [0.1, 0.15) is 5.75 Å². The smallest absolute Gasteiger partial charge is 0.137 e. The topological polar surface area (TPSA) is 42.4 Å². The van der Waals surface area contributed by atoms with Crippen molar-refractivity contribution in [1.82, 2.24) is 4.98 Å². The van der Waals surface area contributed by atoms with Gasteiger partial charge in [-0.2, -0.15) is 0 Å². The minimum absolute atomic E-state index is 0.518. The van der Waals surface area contributed by atoms with Crippen molar-refractivity contribution in [1.29, 1.82) is 0 Å². The number of aliphatic hydroxyl groups is 1. The lowest BCUT2D eigenvalue weighted by atomic mass is 10.1. The van der Waals surface area contributed by atoms with Crippen molar-refractivity contribution in [3.8, 4) is 5.75 Å². The Morgan fingerprint density at radius 3 is 2.67 bits per heavy atom. The summed E-state index contributed by atoms with van der Waals surface area (Å²) < 4.78 is 4.99. The molecule has 1 unspecified atom stereocenters. The summed E-state index contributed by atoms with van der Waals surface area (Å²) in [5.74, 6) is 0.719. The van der Waals surface area contributed by atoms with Crippen LogP contribution in [-0.2, 0) is 0 Å². The minimum atomic E-state index is -0.518. The molecule has 1 heterocycles. The molecule has 0 radical (unpaired) electrons. The summed E-state index contributed by atoms with van der Waals surface area (Å²) in [6.07, 6.45) is 1.09. The van der Waals surface area contributed by atoms with E-state index in [-0.39, 0.29) is 0 Å². The monoisotopic (exact) mass is 167 g/mol. The van der Waals surface area contributed by atoms with Crippen molar-refractivity contribution >= 4 is 0 Å². The van der Waals surface area contributed by atoms with Crippen LogP contribution < -0.4 is 4.74 Å². The third-order valence-corrected chi connectivity index (χ3v) is 1.73. The van der Waals surface area contributed by atoms with Crippen LogP contribution in [0.25, 0.3) is 0 Å². The molecule has 1 aromatic heterocycles. The lowest BCUT2D eigenvalue weighted by molar-refractivity contribution is 0.193. The molecule has 0 aliphatic carbocycles. The fourth-order valence-electron chi connectivity index (χ4n) is 1.11. The molecular weight excluding hydrogens is 154 g/mol. The largest absolute Gasteiger partial charge is 0.495 e. The van der Waals surface area contributed by atoms with Gasteiger partial charge in [0, 0.05) is 0 Å². The molecular formula is C9H13NO2. The van der Waals surface area contributed by atoms with Crippen LogP contribution in [0.2, 0.25) is 0 Å². The molecule has 66 valence electrons. The third-order valence-electron chi connectivity index (χ3n) is 1.73. The molecule has 0 bridgehead atoms. The fraction of sp³-hybridized carbons (Fsp3) is 0.444. The Labute approximate surface area is 72.0 Å². The summed E-state index contributed by atoms with van der Waals surface area (Å²) in [6.45, 7) is 3.60. The number of methoxy groups -OCH3 is 1. The van der Waals surface area contributed by atoms with Gasteiger partial charge in [0.15, 0.2) is 0 Å². The molecule has 0 fully saturated rings. The first kappa shape index (κ1) is 9.00. The number of rotatable bonds is 2. The Morgan fingerprint density at radius 1 is 1.58 bits per heavy atom. The van der Waals surface area contributed by atoms with E-state index in [9.17, 15) is 5.11 Å². The zero-order valence-electron chi connectivity index (χ0n) is 7.53. The molecule has 0 saturated carbocycles. The second kappa shape index (κ2) is 3.54. The fourth-order valence-corrected chi connectivity index (χ4v) is 1.11. The number of aryl methyl sites for hydroxylation is 1. The maximum absolute atomic E-state index is 9.26. The highest BCUT2D eigenvalue weighted by atomic mass is 16.5. The first-order valence-corrected chi connectivity index (χ1v) is 3.83. The van der Waals surface area contributed by atoms with E-state index < -0.39 is 6.10 Å². The Kier molecular flexibility index (Phi) is 2.65. The molecule has 0 saturated heterocycles. The highest BCUT2D eigenvalue weighted by molar-refractivity contribution is 5.29. The van der Waals surface area contributed by atoms with Gasteiger partial charge in [-0.15, -0.1) is 0 Å². The van der Waals surface area contributed by atoms with E-state index in [0.29, 0.717) is 5.69 Å². The molecule has 0 aliphatic heterocycles. The van der Waals surface area contributed by atoms with Crippen molar-refractivity contribution in [2.45, 2.75) is 20.0 Å². The van der Waals surface area contributed by atoms with E-state index in [2.05, 4.69) is 4.98 Å². The van der Waals surface area contributed by atoms with Gasteiger partial charge in [0.05, 0.1) is 25.1 Å². The molecule has 0 spiro atoms. The number of pyridine rings is 1. The van der Waals surface area contributed by atoms with E-state index in [1.165, 1.54) is 0 Å². The zero-order chi connectivity index (χ0) is 9.14. The standard InChI is InChI=1S/C9H13NO2/c1-6-4-8(12-3)5-10-9(6)7(2)11/h4-5,7,11H,1-3H3. The Morgan fingerprint density at radius 2 is 2.25 bits per heavy atom. The van der Waals surface area contributed by atoms with Gasteiger partial charge in [-0.25, -0.2) is 0 Å². The predicted molar refractivity (Wildman–Crippen MR) is 46.2 cm³/mol. The molecule has 0 aliphatic rings. The summed E-state index contributed by atoms with van der Waals surface area (Å²) in [6, 6.07) is 1.86. The summed E-state index contributed by atoms with van der Waals surface area (Å²) in [4.78, 5) is 4.07. The number of ether oxygens (including phenoxy) is 1. The van der Waals surface area contributed by atoms with Crippen LogP contribution in [0.15, 0.2) is 12.3 Å². The minimum Gasteiger partial charge on any atom is -0.495 e. The Hall–Kier alpha value is -1.09. The van der Waals surface area contributed by atoms with Crippen LogP contribution >= 0.6 is 0 Å². The first-order valence-electron chi connectivity index (χ1n) is 3.83. The molecule has 0 amide bonds. The van der Waals surface area contributed by atoms with E-state index in [1.54, 1.807) is 20.2 Å². The maximum atomic E-state index is 9.26.